The summed E-state index contributed by atoms with van der Waals surface area (Å²) in [5.41, 5.74) is -0.0508. The number of carbonyl (C=O) groups is 2. The number of hydrogen-bond donors (Lipinski definition) is 6. The molecule has 0 spiro atoms. The van der Waals surface area contributed by atoms with E-state index in [0.29, 0.717) is 5.56 Å². The van der Waals surface area contributed by atoms with E-state index in [1.54, 1.807) is 0 Å². The monoisotopic (exact) mass is 532 g/mol. The number of aliphatic hydroxyl groups excluding tert-OH is 3. The normalized spacial score (nSPS) is 23.2. The summed E-state index contributed by atoms with van der Waals surface area (Å²) in [6, 6.07) is 8.09. The fourth-order valence-corrected chi connectivity index (χ4v) is 3.86. The van der Waals surface area contributed by atoms with E-state index in [9.17, 15) is 39.9 Å². The predicted molar refractivity (Wildman–Crippen MR) is 126 cm³/mol. The van der Waals surface area contributed by atoms with E-state index in [1.165, 1.54) is 36.6 Å². The number of aromatic hydroxyl groups is 2. The molecular formula is C25H24O13. The van der Waals surface area contributed by atoms with Crippen LogP contribution in [0.5, 0.6) is 17.2 Å². The zero-order valence-electron chi connectivity index (χ0n) is 19.6. The Morgan fingerprint density at radius 2 is 1.66 bits per heavy atom. The molecule has 13 nitrogen and oxygen atoms in total. The summed E-state index contributed by atoms with van der Waals surface area (Å²) in [5, 5.41) is 59.2. The molecule has 1 aliphatic heterocycles. The van der Waals surface area contributed by atoms with Gasteiger partial charge in [-0.15, -0.1) is 0 Å². The Hall–Kier alpha value is -4.17. The van der Waals surface area contributed by atoms with Gasteiger partial charge in [-0.1, -0.05) is 12.1 Å². The van der Waals surface area contributed by atoms with Crippen LogP contribution < -0.4 is 10.2 Å². The van der Waals surface area contributed by atoms with E-state index in [1.807, 2.05) is 0 Å². The molecule has 0 aliphatic carbocycles. The highest BCUT2D eigenvalue weighted by molar-refractivity contribution is 5.88. The van der Waals surface area contributed by atoms with Gasteiger partial charge in [-0.2, -0.15) is 0 Å². The molecule has 38 heavy (non-hydrogen) atoms. The number of hydrogen-bond acceptors (Lipinski definition) is 12. The van der Waals surface area contributed by atoms with Crippen molar-refractivity contribution in [3.8, 4) is 28.4 Å². The number of carbonyl (C=O) groups excluding carboxylic acids is 1. The molecule has 2 aromatic carbocycles. The molecule has 1 saturated heterocycles. The number of aliphatic hydroxyl groups is 3. The Morgan fingerprint density at radius 3 is 2.34 bits per heavy atom. The number of aliphatic carboxylic acids is 1. The Labute approximate surface area is 213 Å². The molecule has 0 bridgehead atoms. The van der Waals surface area contributed by atoms with Crippen molar-refractivity contribution in [3.63, 3.8) is 0 Å². The fourth-order valence-electron chi connectivity index (χ4n) is 3.86. The van der Waals surface area contributed by atoms with E-state index in [0.717, 1.165) is 6.07 Å². The lowest BCUT2D eigenvalue weighted by Crippen LogP contribution is -2.60. The summed E-state index contributed by atoms with van der Waals surface area (Å²) >= 11 is 0. The minimum Gasteiger partial charge on any atom is -0.508 e. The first-order valence-corrected chi connectivity index (χ1v) is 11.4. The Bertz CT molecular complexity index is 1380. The first kappa shape index (κ1) is 26.9. The van der Waals surface area contributed by atoms with Gasteiger partial charge >= 0.3 is 11.9 Å². The van der Waals surface area contributed by atoms with Gasteiger partial charge in [-0.25, -0.2) is 0 Å². The molecule has 4 rings (SSSR count). The van der Waals surface area contributed by atoms with E-state index < -0.39 is 73.3 Å². The van der Waals surface area contributed by atoms with Gasteiger partial charge in [0, 0.05) is 12.1 Å². The molecule has 202 valence electrons. The first-order chi connectivity index (χ1) is 18.0. The van der Waals surface area contributed by atoms with Crippen LogP contribution in [0.15, 0.2) is 51.9 Å². The van der Waals surface area contributed by atoms with Crippen molar-refractivity contribution >= 4 is 22.9 Å². The van der Waals surface area contributed by atoms with Gasteiger partial charge in [0.05, 0.1) is 18.4 Å². The Morgan fingerprint density at radius 1 is 0.947 bits per heavy atom. The number of benzene rings is 2. The van der Waals surface area contributed by atoms with Crippen molar-refractivity contribution in [1.82, 2.24) is 0 Å². The molecule has 6 N–H and O–H groups in total. The molecule has 1 aromatic heterocycles. The summed E-state index contributed by atoms with van der Waals surface area (Å²) in [6.07, 6.45) is -7.85. The molecule has 0 radical (unpaired) electrons. The summed E-state index contributed by atoms with van der Waals surface area (Å²) in [7, 11) is 0. The maximum atomic E-state index is 13.0. The van der Waals surface area contributed by atoms with Gasteiger partial charge in [0.1, 0.15) is 65.5 Å². The third kappa shape index (κ3) is 5.70. The van der Waals surface area contributed by atoms with Crippen molar-refractivity contribution < 1.29 is 58.9 Å². The van der Waals surface area contributed by atoms with Crippen LogP contribution >= 0.6 is 0 Å². The minimum absolute atomic E-state index is 0.00640. The van der Waals surface area contributed by atoms with Crippen LogP contribution in [0.25, 0.3) is 22.1 Å². The van der Waals surface area contributed by atoms with E-state index >= 15 is 0 Å². The number of fused-ring (bicyclic) bond motifs is 1. The number of ether oxygens (including phenoxy) is 3. The van der Waals surface area contributed by atoms with Crippen LogP contribution in [0.3, 0.4) is 0 Å². The van der Waals surface area contributed by atoms with E-state index in [-0.39, 0.29) is 28.0 Å². The SMILES string of the molecule is O=C(O)CCC(=O)OC[C@H]1O[C@@H](Oc2cc(O)c3c(=O)c(-c4ccc(O)cc4)coc3c2)[C@H](O)[C@@H](O)[C@@H]1O. The third-order valence-electron chi connectivity index (χ3n) is 5.88. The van der Waals surface area contributed by atoms with Gasteiger partial charge < -0.3 is 49.3 Å². The van der Waals surface area contributed by atoms with Gasteiger partial charge in [0.25, 0.3) is 0 Å². The Kier molecular flexibility index (Phi) is 7.83. The predicted octanol–water partition coefficient (Wildman–Crippen LogP) is 0.466. The van der Waals surface area contributed by atoms with Crippen LogP contribution in [-0.2, 0) is 19.1 Å². The van der Waals surface area contributed by atoms with E-state index in [2.05, 4.69) is 0 Å². The van der Waals surface area contributed by atoms with Crippen LogP contribution in [0, 0.1) is 0 Å². The molecular weight excluding hydrogens is 508 g/mol. The number of esters is 1. The number of phenols is 2. The quantitative estimate of drug-likeness (QED) is 0.218. The molecule has 3 aromatic rings. The van der Waals surface area contributed by atoms with Crippen LogP contribution in [0.4, 0.5) is 0 Å². The minimum atomic E-state index is -1.77. The van der Waals surface area contributed by atoms with Gasteiger partial charge in [0.15, 0.2) is 0 Å². The van der Waals surface area contributed by atoms with Crippen molar-refractivity contribution in [3.05, 3.63) is 52.9 Å². The second-order valence-corrected chi connectivity index (χ2v) is 8.55. The van der Waals surface area contributed by atoms with Gasteiger partial charge in [0.2, 0.25) is 11.7 Å². The summed E-state index contributed by atoms with van der Waals surface area (Å²) in [6.45, 7) is -0.568. The van der Waals surface area contributed by atoms with Gasteiger partial charge in [-0.3, -0.25) is 14.4 Å². The van der Waals surface area contributed by atoms with E-state index in [4.69, 9.17) is 23.7 Å². The van der Waals surface area contributed by atoms with Crippen molar-refractivity contribution in [2.24, 2.45) is 0 Å². The number of carboxylic acid groups (broad SMARTS) is 1. The highest BCUT2D eigenvalue weighted by atomic mass is 16.7. The maximum Gasteiger partial charge on any atom is 0.306 e. The van der Waals surface area contributed by atoms with Crippen molar-refractivity contribution in [2.75, 3.05) is 6.61 Å². The summed E-state index contributed by atoms with van der Waals surface area (Å²) in [5.74, 6) is -2.70. The topological polar surface area (TPSA) is 213 Å². The Balaban J connectivity index is 1.53. The second kappa shape index (κ2) is 11.1. The first-order valence-electron chi connectivity index (χ1n) is 11.4. The zero-order chi connectivity index (χ0) is 27.6. The van der Waals surface area contributed by atoms with Crippen LogP contribution in [-0.4, -0.2) is 79.9 Å². The second-order valence-electron chi connectivity index (χ2n) is 8.55. The van der Waals surface area contributed by atoms with Crippen molar-refractivity contribution in [2.45, 2.75) is 43.5 Å². The highest BCUT2D eigenvalue weighted by Gasteiger charge is 2.45. The number of phenolic OH excluding ortho intramolecular Hbond substituents is 2. The maximum absolute atomic E-state index is 13.0. The standard InChI is InChI=1S/C25H24O13/c26-12-3-1-11(2-4-12)14-9-35-16-8-13(7-15(27)20(16)21(14)31)37-25-24(34)23(33)22(32)17(38-25)10-36-19(30)6-5-18(28)29/h1-4,7-9,17,22-27,32-34H,5-6,10H2,(H,28,29)/t17-,22-,23+,24-,25-/m1/s1. The number of rotatable bonds is 8. The highest BCUT2D eigenvalue weighted by Crippen LogP contribution is 2.33. The molecule has 1 aliphatic rings. The molecule has 13 heteroatoms. The summed E-state index contributed by atoms with van der Waals surface area (Å²) in [4.78, 5) is 35.3. The zero-order valence-corrected chi connectivity index (χ0v) is 19.6. The average molecular weight is 532 g/mol. The molecule has 0 unspecified atom stereocenters. The molecule has 0 saturated carbocycles. The molecule has 2 heterocycles. The molecule has 1 fully saturated rings. The van der Waals surface area contributed by atoms with Crippen LogP contribution in [0.1, 0.15) is 12.8 Å². The fraction of sp³-hybridized carbons (Fsp3) is 0.320. The van der Waals surface area contributed by atoms with Crippen molar-refractivity contribution in [1.29, 1.82) is 0 Å². The average Bonchev–Trinajstić information content (AvgIpc) is 2.87. The van der Waals surface area contributed by atoms with Crippen LogP contribution in [0.2, 0.25) is 0 Å². The lowest BCUT2D eigenvalue weighted by molar-refractivity contribution is -0.278. The number of carboxylic acids is 1. The van der Waals surface area contributed by atoms with Gasteiger partial charge in [-0.05, 0) is 17.7 Å². The smallest absolute Gasteiger partial charge is 0.306 e. The lowest BCUT2D eigenvalue weighted by atomic mass is 9.99. The molecule has 0 amide bonds. The summed E-state index contributed by atoms with van der Waals surface area (Å²) < 4.78 is 21.4. The largest absolute Gasteiger partial charge is 0.508 e. The lowest BCUT2D eigenvalue weighted by Gasteiger charge is -2.39. The molecule has 5 atom stereocenters. The third-order valence-corrected chi connectivity index (χ3v) is 5.88.